The summed E-state index contributed by atoms with van der Waals surface area (Å²) in [5, 5.41) is 2.57. The molecular weight excluding hydrogens is 436 g/mol. The van der Waals surface area contributed by atoms with E-state index in [0.29, 0.717) is 22.9 Å². The van der Waals surface area contributed by atoms with Gasteiger partial charge in [0.15, 0.2) is 11.5 Å². The summed E-state index contributed by atoms with van der Waals surface area (Å²) >= 11 is 2.90. The van der Waals surface area contributed by atoms with Crippen LogP contribution in [0.3, 0.4) is 0 Å². The summed E-state index contributed by atoms with van der Waals surface area (Å²) in [5.41, 5.74) is 2.17. The number of aromatic nitrogens is 1. The van der Waals surface area contributed by atoms with E-state index in [0.717, 1.165) is 21.2 Å². The second-order valence-electron chi connectivity index (χ2n) is 6.58. The highest BCUT2D eigenvalue weighted by molar-refractivity contribution is 8.00. The first-order chi connectivity index (χ1) is 15.1. The van der Waals surface area contributed by atoms with Crippen LogP contribution < -0.4 is 14.4 Å². The monoisotopic (exact) mass is 456 g/mol. The van der Waals surface area contributed by atoms with Gasteiger partial charge in [-0.15, -0.1) is 23.1 Å². The molecular formula is C22H20N2O5S2. The van der Waals surface area contributed by atoms with Gasteiger partial charge in [-0.3, -0.25) is 14.5 Å². The molecule has 1 aliphatic heterocycles. The van der Waals surface area contributed by atoms with Crippen LogP contribution in [0.1, 0.15) is 5.69 Å². The molecule has 0 atom stereocenters. The number of thioether (sulfide) groups is 1. The molecule has 0 radical (unpaired) electrons. The first-order valence-electron chi connectivity index (χ1n) is 9.44. The SMILES string of the molecule is COc1cccc(-c2nc(COC(=O)CN3C(=O)CSc4ccccc43)cs2)c1OC. The van der Waals surface area contributed by atoms with E-state index in [1.54, 1.807) is 14.2 Å². The molecule has 0 saturated carbocycles. The van der Waals surface area contributed by atoms with E-state index in [1.165, 1.54) is 28.0 Å². The highest BCUT2D eigenvalue weighted by Crippen LogP contribution is 2.39. The fraction of sp³-hybridized carbons (Fsp3) is 0.227. The molecule has 0 aliphatic carbocycles. The van der Waals surface area contributed by atoms with Gasteiger partial charge in [0.05, 0.1) is 36.9 Å². The van der Waals surface area contributed by atoms with E-state index in [1.807, 2.05) is 47.8 Å². The van der Waals surface area contributed by atoms with E-state index in [4.69, 9.17) is 14.2 Å². The van der Waals surface area contributed by atoms with Gasteiger partial charge in [-0.25, -0.2) is 4.98 Å². The van der Waals surface area contributed by atoms with Crippen LogP contribution in [0, 0.1) is 0 Å². The Hall–Kier alpha value is -3.04. The number of methoxy groups -OCH3 is 2. The van der Waals surface area contributed by atoms with Crippen molar-refractivity contribution < 1.29 is 23.8 Å². The van der Waals surface area contributed by atoms with Gasteiger partial charge >= 0.3 is 5.97 Å². The summed E-state index contributed by atoms with van der Waals surface area (Å²) in [6.07, 6.45) is 0. The number of esters is 1. The highest BCUT2D eigenvalue weighted by atomic mass is 32.2. The largest absolute Gasteiger partial charge is 0.493 e. The van der Waals surface area contributed by atoms with Gasteiger partial charge in [0.25, 0.3) is 0 Å². The summed E-state index contributed by atoms with van der Waals surface area (Å²) in [7, 11) is 3.16. The van der Waals surface area contributed by atoms with Crippen molar-refractivity contribution in [1.82, 2.24) is 4.98 Å². The minimum absolute atomic E-state index is 0.0278. The van der Waals surface area contributed by atoms with Crippen molar-refractivity contribution in [3.05, 3.63) is 53.5 Å². The van der Waals surface area contributed by atoms with Crippen molar-refractivity contribution in [3.63, 3.8) is 0 Å². The number of hydrogen-bond acceptors (Lipinski definition) is 8. The molecule has 3 aromatic rings. The fourth-order valence-corrected chi connectivity index (χ4v) is 4.97. The molecule has 4 rings (SSSR count). The normalized spacial score (nSPS) is 13.0. The third-order valence-corrected chi connectivity index (χ3v) is 6.63. The van der Waals surface area contributed by atoms with Gasteiger partial charge in [-0.2, -0.15) is 0 Å². The molecule has 9 heteroatoms. The van der Waals surface area contributed by atoms with Crippen LogP contribution in [0.5, 0.6) is 11.5 Å². The van der Waals surface area contributed by atoms with E-state index in [2.05, 4.69) is 4.98 Å². The fourth-order valence-electron chi connectivity index (χ4n) is 3.21. The van der Waals surface area contributed by atoms with Crippen LogP contribution in [-0.2, 0) is 20.9 Å². The molecule has 1 aromatic heterocycles. The topological polar surface area (TPSA) is 78.0 Å². The second-order valence-corrected chi connectivity index (χ2v) is 8.46. The number of hydrogen-bond donors (Lipinski definition) is 0. The Morgan fingerprint density at radius 2 is 1.97 bits per heavy atom. The number of carbonyl (C=O) groups excluding carboxylic acids is 2. The number of ether oxygens (including phenoxy) is 3. The smallest absolute Gasteiger partial charge is 0.326 e. The molecule has 0 bridgehead atoms. The van der Waals surface area contributed by atoms with Gasteiger partial charge in [0.2, 0.25) is 5.91 Å². The molecule has 160 valence electrons. The van der Waals surface area contributed by atoms with Crippen molar-refractivity contribution >= 4 is 40.7 Å². The van der Waals surface area contributed by atoms with E-state index in [-0.39, 0.29) is 19.1 Å². The molecule has 1 amide bonds. The summed E-state index contributed by atoms with van der Waals surface area (Å²) in [6, 6.07) is 13.1. The number of nitrogens with zero attached hydrogens (tertiary/aromatic N) is 2. The van der Waals surface area contributed by atoms with Crippen molar-refractivity contribution in [1.29, 1.82) is 0 Å². The van der Waals surface area contributed by atoms with Crippen LogP contribution in [0.2, 0.25) is 0 Å². The number of para-hydroxylation sites is 2. The molecule has 2 aromatic carbocycles. The zero-order valence-corrected chi connectivity index (χ0v) is 18.6. The maximum absolute atomic E-state index is 12.4. The second kappa shape index (κ2) is 9.40. The van der Waals surface area contributed by atoms with Crippen molar-refractivity contribution in [2.45, 2.75) is 11.5 Å². The maximum Gasteiger partial charge on any atom is 0.326 e. The average molecular weight is 457 g/mol. The Morgan fingerprint density at radius 3 is 2.77 bits per heavy atom. The van der Waals surface area contributed by atoms with E-state index < -0.39 is 5.97 Å². The Balaban J connectivity index is 1.42. The molecule has 0 spiro atoms. The quantitative estimate of drug-likeness (QED) is 0.497. The number of carbonyl (C=O) groups is 2. The van der Waals surface area contributed by atoms with Gasteiger partial charge in [0.1, 0.15) is 18.2 Å². The molecule has 2 heterocycles. The van der Waals surface area contributed by atoms with Crippen molar-refractivity contribution in [3.8, 4) is 22.1 Å². The van der Waals surface area contributed by atoms with Crippen molar-refractivity contribution in [2.24, 2.45) is 0 Å². The molecule has 1 aliphatic rings. The summed E-state index contributed by atoms with van der Waals surface area (Å²) in [5.74, 6) is 0.934. The van der Waals surface area contributed by atoms with Crippen LogP contribution in [0.4, 0.5) is 5.69 Å². The third kappa shape index (κ3) is 4.52. The Bertz CT molecular complexity index is 1110. The molecule has 0 unspecified atom stereocenters. The van der Waals surface area contributed by atoms with E-state index in [9.17, 15) is 9.59 Å². The van der Waals surface area contributed by atoms with Gasteiger partial charge in [-0.05, 0) is 24.3 Å². The van der Waals surface area contributed by atoms with E-state index >= 15 is 0 Å². The van der Waals surface area contributed by atoms with Crippen LogP contribution >= 0.6 is 23.1 Å². The molecule has 0 N–H and O–H groups in total. The molecule has 0 fully saturated rings. The number of benzene rings is 2. The molecule has 31 heavy (non-hydrogen) atoms. The molecule has 0 saturated heterocycles. The lowest BCUT2D eigenvalue weighted by atomic mass is 10.2. The van der Waals surface area contributed by atoms with Gasteiger partial charge < -0.3 is 14.2 Å². The number of amides is 1. The lowest BCUT2D eigenvalue weighted by Gasteiger charge is -2.27. The number of fused-ring (bicyclic) bond motifs is 1. The number of anilines is 1. The minimum Gasteiger partial charge on any atom is -0.493 e. The first-order valence-corrected chi connectivity index (χ1v) is 11.3. The minimum atomic E-state index is -0.483. The Labute approximate surface area is 188 Å². The lowest BCUT2D eigenvalue weighted by Crippen LogP contribution is -2.39. The van der Waals surface area contributed by atoms with Crippen LogP contribution in [0.25, 0.3) is 10.6 Å². The van der Waals surface area contributed by atoms with Gasteiger partial charge in [-0.1, -0.05) is 18.2 Å². The van der Waals surface area contributed by atoms with Crippen LogP contribution in [-0.4, -0.2) is 43.4 Å². The lowest BCUT2D eigenvalue weighted by molar-refractivity contribution is -0.144. The zero-order chi connectivity index (χ0) is 21.8. The Morgan fingerprint density at radius 1 is 1.13 bits per heavy atom. The summed E-state index contributed by atoms with van der Waals surface area (Å²) < 4.78 is 16.2. The average Bonchev–Trinajstić information content (AvgIpc) is 3.28. The highest BCUT2D eigenvalue weighted by Gasteiger charge is 2.26. The zero-order valence-electron chi connectivity index (χ0n) is 17.0. The maximum atomic E-state index is 12.4. The molecule has 7 nitrogen and oxygen atoms in total. The van der Waals surface area contributed by atoms with Crippen molar-refractivity contribution in [2.75, 3.05) is 31.4 Å². The summed E-state index contributed by atoms with van der Waals surface area (Å²) in [6.45, 7) is -0.100. The predicted molar refractivity (Wildman–Crippen MR) is 120 cm³/mol. The first kappa shape index (κ1) is 21.2. The predicted octanol–water partition coefficient (Wildman–Crippen LogP) is 4.01. The van der Waals surface area contributed by atoms with Gasteiger partial charge in [0, 0.05) is 10.3 Å². The third-order valence-electron chi connectivity index (χ3n) is 4.66. The Kier molecular flexibility index (Phi) is 6.43. The summed E-state index contributed by atoms with van der Waals surface area (Å²) in [4.78, 5) is 31.7. The van der Waals surface area contributed by atoms with Crippen LogP contribution in [0.15, 0.2) is 52.7 Å². The standard InChI is InChI=1S/C22H20N2O5S2/c1-27-17-8-5-6-15(21(17)28-2)22-23-14(12-31-22)11-29-20(26)10-24-16-7-3-4-9-18(16)30-13-19(24)25/h3-9,12H,10-11,13H2,1-2H3. The number of rotatable bonds is 7. The number of thiazole rings is 1.